The van der Waals surface area contributed by atoms with E-state index < -0.39 is 4.92 Å². The minimum Gasteiger partial charge on any atom is -0.363 e. The molecule has 0 bridgehead atoms. The number of nitrogens with two attached hydrogens (primary N) is 1. The first-order valence-electron chi connectivity index (χ1n) is 5.54. The molecular weight excluding hydrogens is 236 g/mol. The van der Waals surface area contributed by atoms with Crippen molar-refractivity contribution in [3.8, 4) is 0 Å². The monoisotopic (exact) mass is 250 g/mol. The predicted molar refractivity (Wildman–Crippen MR) is 66.7 cm³/mol. The maximum Gasteiger partial charge on any atom is 0.293 e. The molecule has 0 saturated carbocycles. The molecule has 3 N–H and O–H groups in total. The van der Waals surface area contributed by atoms with Crippen molar-refractivity contribution >= 4 is 17.3 Å². The molecule has 1 amide bonds. The van der Waals surface area contributed by atoms with Crippen LogP contribution >= 0.6 is 0 Å². The molecule has 0 unspecified atom stereocenters. The molecule has 7 nitrogen and oxygen atoms in total. The summed E-state index contributed by atoms with van der Waals surface area (Å²) in [5.74, 6) is -0.343. The highest BCUT2D eigenvalue weighted by molar-refractivity contribution is 5.95. The summed E-state index contributed by atoms with van der Waals surface area (Å²) in [7, 11) is 1.48. The number of carbonyl (C=O) groups is 1. The maximum absolute atomic E-state index is 11.4. The summed E-state index contributed by atoms with van der Waals surface area (Å²) in [5.41, 5.74) is 6.37. The Balaban J connectivity index is 2.36. The van der Waals surface area contributed by atoms with Gasteiger partial charge >= 0.3 is 0 Å². The molecule has 0 aliphatic carbocycles. The Kier molecular flexibility index (Phi) is 3.15. The van der Waals surface area contributed by atoms with E-state index in [2.05, 4.69) is 5.32 Å². The van der Waals surface area contributed by atoms with Crippen molar-refractivity contribution in [2.75, 3.05) is 25.0 Å². The molecule has 1 heterocycles. The highest BCUT2D eigenvalue weighted by Crippen LogP contribution is 2.31. The second-order valence-corrected chi connectivity index (χ2v) is 4.20. The van der Waals surface area contributed by atoms with Gasteiger partial charge in [-0.25, -0.2) is 0 Å². The Labute approximate surface area is 104 Å². The standard InChI is InChI=1S/C11H14N4O3/c1-13-11(16)7-2-3-9(10(4-7)15(17)18)14-5-8(12)6-14/h2-4,8H,5-6,12H2,1H3,(H,13,16). The normalized spacial score (nSPS) is 15.1. The summed E-state index contributed by atoms with van der Waals surface area (Å²) in [6.45, 7) is 1.19. The lowest BCUT2D eigenvalue weighted by molar-refractivity contribution is -0.384. The number of nitrogens with one attached hydrogen (secondary N) is 1. The van der Waals surface area contributed by atoms with E-state index in [-0.39, 0.29) is 23.2 Å². The molecule has 96 valence electrons. The van der Waals surface area contributed by atoms with Gasteiger partial charge in [-0.3, -0.25) is 14.9 Å². The van der Waals surface area contributed by atoms with E-state index in [1.165, 1.54) is 13.1 Å². The zero-order valence-corrected chi connectivity index (χ0v) is 9.92. The Morgan fingerprint density at radius 2 is 2.22 bits per heavy atom. The highest BCUT2D eigenvalue weighted by atomic mass is 16.6. The Morgan fingerprint density at radius 1 is 1.56 bits per heavy atom. The smallest absolute Gasteiger partial charge is 0.293 e. The molecule has 1 aliphatic rings. The molecule has 1 aromatic rings. The minimum atomic E-state index is -0.481. The molecule has 1 fully saturated rings. The van der Waals surface area contributed by atoms with Gasteiger partial charge in [0.1, 0.15) is 5.69 Å². The molecule has 1 aliphatic heterocycles. The first kappa shape index (κ1) is 12.3. The fraction of sp³-hybridized carbons (Fsp3) is 0.364. The number of nitrogens with zero attached hydrogens (tertiary/aromatic N) is 2. The van der Waals surface area contributed by atoms with Crippen LogP contribution in [0.3, 0.4) is 0 Å². The Morgan fingerprint density at radius 3 is 2.72 bits per heavy atom. The molecule has 18 heavy (non-hydrogen) atoms. The summed E-state index contributed by atoms with van der Waals surface area (Å²) in [5, 5.41) is 13.5. The maximum atomic E-state index is 11.4. The van der Waals surface area contributed by atoms with E-state index in [0.29, 0.717) is 18.8 Å². The van der Waals surface area contributed by atoms with Crippen molar-refractivity contribution in [1.82, 2.24) is 5.32 Å². The van der Waals surface area contributed by atoms with Crippen LogP contribution in [0.25, 0.3) is 0 Å². The molecule has 0 aromatic heterocycles. The van der Waals surface area contributed by atoms with Crippen LogP contribution in [0.15, 0.2) is 18.2 Å². The highest BCUT2D eigenvalue weighted by Gasteiger charge is 2.29. The first-order valence-corrected chi connectivity index (χ1v) is 5.54. The molecular formula is C11H14N4O3. The lowest BCUT2D eigenvalue weighted by Gasteiger charge is -2.38. The largest absolute Gasteiger partial charge is 0.363 e. The van der Waals surface area contributed by atoms with Crippen LogP contribution in [-0.2, 0) is 0 Å². The topological polar surface area (TPSA) is 102 Å². The van der Waals surface area contributed by atoms with Crippen molar-refractivity contribution in [1.29, 1.82) is 0 Å². The number of carbonyl (C=O) groups excluding carboxylic acids is 1. The summed E-state index contributed by atoms with van der Waals surface area (Å²) in [6.07, 6.45) is 0. The number of hydrogen-bond acceptors (Lipinski definition) is 5. The third-order valence-electron chi connectivity index (χ3n) is 2.91. The fourth-order valence-electron chi connectivity index (χ4n) is 1.93. The predicted octanol–water partition coefficient (Wildman–Crippen LogP) is 0.102. The van der Waals surface area contributed by atoms with Crippen molar-refractivity contribution in [3.63, 3.8) is 0 Å². The van der Waals surface area contributed by atoms with E-state index >= 15 is 0 Å². The van der Waals surface area contributed by atoms with E-state index in [0.717, 1.165) is 0 Å². The van der Waals surface area contributed by atoms with Gasteiger partial charge in [-0.05, 0) is 12.1 Å². The van der Waals surface area contributed by atoms with Crippen LogP contribution in [0.1, 0.15) is 10.4 Å². The quantitative estimate of drug-likeness (QED) is 0.585. The van der Waals surface area contributed by atoms with Gasteiger partial charge in [-0.15, -0.1) is 0 Å². The SMILES string of the molecule is CNC(=O)c1ccc(N2CC(N)C2)c([N+](=O)[O-])c1. The summed E-state index contributed by atoms with van der Waals surface area (Å²) in [4.78, 5) is 23.8. The number of anilines is 1. The lowest BCUT2D eigenvalue weighted by Crippen LogP contribution is -2.56. The van der Waals surface area contributed by atoms with Gasteiger partial charge in [0.15, 0.2) is 0 Å². The zero-order chi connectivity index (χ0) is 13.3. The van der Waals surface area contributed by atoms with Gasteiger partial charge in [-0.1, -0.05) is 0 Å². The van der Waals surface area contributed by atoms with Crippen LogP contribution in [0.5, 0.6) is 0 Å². The number of rotatable bonds is 3. The van der Waals surface area contributed by atoms with Crippen molar-refractivity contribution in [3.05, 3.63) is 33.9 Å². The Hall–Kier alpha value is -2.15. The number of nitro groups is 1. The molecule has 0 radical (unpaired) electrons. The zero-order valence-electron chi connectivity index (χ0n) is 9.92. The van der Waals surface area contributed by atoms with Crippen LogP contribution in [0.4, 0.5) is 11.4 Å². The number of hydrogen-bond donors (Lipinski definition) is 2. The summed E-state index contributed by atoms with van der Waals surface area (Å²) < 4.78 is 0. The van der Waals surface area contributed by atoms with E-state index in [4.69, 9.17) is 5.73 Å². The van der Waals surface area contributed by atoms with Crippen molar-refractivity contribution in [2.24, 2.45) is 5.73 Å². The van der Waals surface area contributed by atoms with Crippen LogP contribution < -0.4 is 16.0 Å². The number of benzene rings is 1. The third-order valence-corrected chi connectivity index (χ3v) is 2.91. The van der Waals surface area contributed by atoms with Crippen LogP contribution in [0.2, 0.25) is 0 Å². The molecule has 0 atom stereocenters. The Bertz CT molecular complexity index is 497. The van der Waals surface area contributed by atoms with Crippen LogP contribution in [0, 0.1) is 10.1 Å². The van der Waals surface area contributed by atoms with Gasteiger partial charge in [-0.2, -0.15) is 0 Å². The van der Waals surface area contributed by atoms with Crippen molar-refractivity contribution in [2.45, 2.75) is 6.04 Å². The summed E-state index contributed by atoms with van der Waals surface area (Å²) in [6, 6.07) is 4.51. The average Bonchev–Trinajstić information content (AvgIpc) is 2.33. The second kappa shape index (κ2) is 4.61. The molecule has 1 saturated heterocycles. The number of amides is 1. The van der Waals surface area contributed by atoms with E-state index in [1.54, 1.807) is 12.1 Å². The van der Waals surface area contributed by atoms with E-state index in [1.807, 2.05) is 4.90 Å². The fourth-order valence-corrected chi connectivity index (χ4v) is 1.93. The van der Waals surface area contributed by atoms with Gasteiger partial charge < -0.3 is 16.0 Å². The third kappa shape index (κ3) is 2.12. The average molecular weight is 250 g/mol. The molecule has 1 aromatic carbocycles. The van der Waals surface area contributed by atoms with Gasteiger partial charge in [0.05, 0.1) is 4.92 Å². The number of nitro benzene ring substituents is 1. The van der Waals surface area contributed by atoms with Gasteiger partial charge in [0.2, 0.25) is 0 Å². The van der Waals surface area contributed by atoms with Crippen LogP contribution in [-0.4, -0.2) is 37.0 Å². The lowest BCUT2D eigenvalue weighted by atomic mass is 10.1. The van der Waals surface area contributed by atoms with Gasteiger partial charge in [0.25, 0.3) is 11.6 Å². The first-order chi connectivity index (χ1) is 8.52. The summed E-state index contributed by atoms with van der Waals surface area (Å²) >= 11 is 0. The van der Waals surface area contributed by atoms with Crippen molar-refractivity contribution < 1.29 is 9.72 Å². The molecule has 2 rings (SSSR count). The molecule has 0 spiro atoms. The van der Waals surface area contributed by atoms with E-state index in [9.17, 15) is 14.9 Å². The second-order valence-electron chi connectivity index (χ2n) is 4.20. The minimum absolute atomic E-state index is 0.0585. The molecule has 7 heteroatoms. The van der Waals surface area contributed by atoms with Gasteiger partial charge in [0, 0.05) is 37.8 Å².